The minimum atomic E-state index is -0.0963. The van der Waals surface area contributed by atoms with Crippen LogP contribution in [0, 0.1) is 6.92 Å². The third-order valence-electron chi connectivity index (χ3n) is 4.86. The maximum absolute atomic E-state index is 12.5. The van der Waals surface area contributed by atoms with Crippen molar-refractivity contribution in [3.63, 3.8) is 0 Å². The Labute approximate surface area is 163 Å². The smallest absolute Gasteiger partial charge is 0.289 e. The lowest BCUT2D eigenvalue weighted by molar-refractivity contribution is 0.0663. The summed E-state index contributed by atoms with van der Waals surface area (Å²) in [6.07, 6.45) is 3.89. The molecule has 1 atom stereocenters. The Hall–Kier alpha value is -3.09. The Morgan fingerprint density at radius 1 is 1.32 bits per heavy atom. The molecule has 2 aromatic heterocycles. The van der Waals surface area contributed by atoms with Crippen LogP contribution < -0.4 is 4.74 Å². The maximum Gasteiger partial charge on any atom is 0.289 e. The van der Waals surface area contributed by atoms with Gasteiger partial charge in [0, 0.05) is 19.5 Å². The van der Waals surface area contributed by atoms with Gasteiger partial charge in [-0.1, -0.05) is 17.3 Å². The zero-order chi connectivity index (χ0) is 19.3. The molecule has 0 bridgehead atoms. The third kappa shape index (κ3) is 4.24. The lowest BCUT2D eigenvalue weighted by atomic mass is 9.98. The average Bonchev–Trinajstić information content (AvgIpc) is 3.40. The highest BCUT2D eigenvalue weighted by Crippen LogP contribution is 2.27. The Morgan fingerprint density at radius 3 is 3.07 bits per heavy atom. The number of carbonyl (C=O) groups excluding carboxylic acids is 1. The highest BCUT2D eigenvalue weighted by Gasteiger charge is 2.29. The van der Waals surface area contributed by atoms with E-state index in [2.05, 4.69) is 10.1 Å². The number of carbonyl (C=O) groups is 1. The first-order chi connectivity index (χ1) is 13.7. The van der Waals surface area contributed by atoms with Crippen LogP contribution in [-0.2, 0) is 6.42 Å². The average molecular weight is 381 g/mol. The summed E-state index contributed by atoms with van der Waals surface area (Å²) in [5, 5.41) is 4.07. The molecule has 1 aliphatic heterocycles. The lowest BCUT2D eigenvalue weighted by Gasteiger charge is -2.30. The van der Waals surface area contributed by atoms with Crippen LogP contribution in [0.3, 0.4) is 0 Å². The van der Waals surface area contributed by atoms with E-state index in [0.717, 1.165) is 24.2 Å². The van der Waals surface area contributed by atoms with Crippen molar-refractivity contribution in [1.82, 2.24) is 15.0 Å². The van der Waals surface area contributed by atoms with Crippen LogP contribution in [0.1, 0.15) is 46.6 Å². The van der Waals surface area contributed by atoms with Crippen molar-refractivity contribution in [2.45, 2.75) is 32.1 Å². The molecule has 4 rings (SSSR count). The topological polar surface area (TPSA) is 81.6 Å². The fourth-order valence-electron chi connectivity index (χ4n) is 3.42. The molecular formula is C21H23N3O4. The SMILES string of the molecule is Cc1cccc(OCCc2noc(C3CCCN(C(=O)c4ccco4)C3)n2)c1. The number of rotatable bonds is 6. The van der Waals surface area contributed by atoms with Gasteiger partial charge in [0.25, 0.3) is 5.91 Å². The van der Waals surface area contributed by atoms with E-state index in [-0.39, 0.29) is 11.8 Å². The molecule has 0 saturated carbocycles. The Bertz CT molecular complexity index is 919. The van der Waals surface area contributed by atoms with Gasteiger partial charge in [-0.25, -0.2) is 0 Å². The van der Waals surface area contributed by atoms with E-state index >= 15 is 0 Å². The van der Waals surface area contributed by atoms with Crippen LogP contribution in [-0.4, -0.2) is 40.6 Å². The molecule has 3 heterocycles. The molecule has 0 spiro atoms. The van der Waals surface area contributed by atoms with Crippen molar-refractivity contribution in [3.8, 4) is 5.75 Å². The fourth-order valence-corrected chi connectivity index (χ4v) is 3.42. The largest absolute Gasteiger partial charge is 0.493 e. The lowest BCUT2D eigenvalue weighted by Crippen LogP contribution is -2.39. The molecule has 1 aromatic carbocycles. The molecule has 146 valence electrons. The first kappa shape index (κ1) is 18.3. The predicted molar refractivity (Wildman–Crippen MR) is 101 cm³/mol. The van der Waals surface area contributed by atoms with Gasteiger partial charge < -0.3 is 18.6 Å². The molecule has 1 fully saturated rings. The second-order valence-electron chi connectivity index (χ2n) is 7.03. The minimum absolute atomic E-state index is 0.0478. The van der Waals surface area contributed by atoms with Gasteiger partial charge in [0.1, 0.15) is 5.75 Å². The summed E-state index contributed by atoms with van der Waals surface area (Å²) in [7, 11) is 0. The van der Waals surface area contributed by atoms with Gasteiger partial charge in [-0.2, -0.15) is 4.98 Å². The molecular weight excluding hydrogens is 358 g/mol. The quantitative estimate of drug-likeness (QED) is 0.649. The summed E-state index contributed by atoms with van der Waals surface area (Å²) in [6, 6.07) is 11.3. The van der Waals surface area contributed by atoms with E-state index in [0.29, 0.717) is 43.6 Å². The molecule has 1 saturated heterocycles. The van der Waals surface area contributed by atoms with Crippen LogP contribution in [0.4, 0.5) is 0 Å². The van der Waals surface area contributed by atoms with Crippen molar-refractivity contribution in [2.75, 3.05) is 19.7 Å². The van der Waals surface area contributed by atoms with Crippen LogP contribution in [0.2, 0.25) is 0 Å². The minimum Gasteiger partial charge on any atom is -0.493 e. The first-order valence-electron chi connectivity index (χ1n) is 9.54. The fraction of sp³-hybridized carbons (Fsp3) is 0.381. The van der Waals surface area contributed by atoms with Gasteiger partial charge in [0.15, 0.2) is 11.6 Å². The molecule has 0 radical (unpaired) electrons. The summed E-state index contributed by atoms with van der Waals surface area (Å²) >= 11 is 0. The molecule has 7 nitrogen and oxygen atoms in total. The zero-order valence-corrected chi connectivity index (χ0v) is 15.8. The molecule has 0 N–H and O–H groups in total. The highest BCUT2D eigenvalue weighted by atomic mass is 16.5. The van der Waals surface area contributed by atoms with Crippen molar-refractivity contribution < 1.29 is 18.5 Å². The zero-order valence-electron chi connectivity index (χ0n) is 15.8. The first-order valence-corrected chi connectivity index (χ1v) is 9.54. The third-order valence-corrected chi connectivity index (χ3v) is 4.86. The number of piperidine rings is 1. The van der Waals surface area contributed by atoms with Gasteiger partial charge in [-0.3, -0.25) is 4.79 Å². The number of hydrogen-bond donors (Lipinski definition) is 0. The van der Waals surface area contributed by atoms with Crippen molar-refractivity contribution in [3.05, 3.63) is 65.7 Å². The second-order valence-corrected chi connectivity index (χ2v) is 7.03. The summed E-state index contributed by atoms with van der Waals surface area (Å²) in [5.41, 5.74) is 1.16. The molecule has 1 aliphatic rings. The van der Waals surface area contributed by atoms with Crippen LogP contribution in [0.25, 0.3) is 0 Å². The molecule has 1 unspecified atom stereocenters. The molecule has 7 heteroatoms. The maximum atomic E-state index is 12.5. The van der Waals surface area contributed by atoms with Crippen LogP contribution in [0.5, 0.6) is 5.75 Å². The van der Waals surface area contributed by atoms with E-state index in [4.69, 9.17) is 13.7 Å². The Kier molecular flexibility index (Phi) is 5.41. The van der Waals surface area contributed by atoms with E-state index < -0.39 is 0 Å². The number of hydrogen-bond acceptors (Lipinski definition) is 6. The number of ether oxygens (including phenoxy) is 1. The number of likely N-dealkylation sites (tertiary alicyclic amines) is 1. The second kappa shape index (κ2) is 8.29. The summed E-state index contributed by atoms with van der Waals surface area (Å²) in [6.45, 7) is 3.78. The normalized spacial score (nSPS) is 16.9. The van der Waals surface area contributed by atoms with Gasteiger partial charge >= 0.3 is 0 Å². The number of aromatic nitrogens is 2. The summed E-state index contributed by atoms with van der Waals surface area (Å²) in [5.74, 6) is 2.36. The molecule has 28 heavy (non-hydrogen) atoms. The summed E-state index contributed by atoms with van der Waals surface area (Å²) < 4.78 is 16.4. The standard InChI is InChI=1S/C21H23N3O4/c1-15-5-2-7-17(13-15)26-12-9-19-22-20(28-23-19)16-6-3-10-24(14-16)21(25)18-8-4-11-27-18/h2,4-5,7-8,11,13,16H,3,6,9-10,12,14H2,1H3. The van der Waals surface area contributed by atoms with Gasteiger partial charge in [0.2, 0.25) is 5.89 Å². The van der Waals surface area contributed by atoms with Gasteiger partial charge in [-0.15, -0.1) is 0 Å². The Morgan fingerprint density at radius 2 is 2.25 bits per heavy atom. The van der Waals surface area contributed by atoms with Crippen LogP contribution in [0.15, 0.2) is 51.6 Å². The number of benzene rings is 1. The predicted octanol–water partition coefficient (Wildman–Crippen LogP) is 3.61. The number of nitrogens with zero attached hydrogens (tertiary/aromatic N) is 3. The van der Waals surface area contributed by atoms with E-state index in [1.165, 1.54) is 6.26 Å². The number of amides is 1. The Balaban J connectivity index is 1.32. The molecule has 0 aliphatic carbocycles. The van der Waals surface area contributed by atoms with Crippen LogP contribution >= 0.6 is 0 Å². The number of aryl methyl sites for hydroxylation is 1. The van der Waals surface area contributed by atoms with Gasteiger partial charge in [0.05, 0.1) is 18.8 Å². The summed E-state index contributed by atoms with van der Waals surface area (Å²) in [4.78, 5) is 18.8. The monoisotopic (exact) mass is 381 g/mol. The molecule has 3 aromatic rings. The van der Waals surface area contributed by atoms with E-state index in [9.17, 15) is 4.79 Å². The highest BCUT2D eigenvalue weighted by molar-refractivity contribution is 5.91. The van der Waals surface area contributed by atoms with E-state index in [1.54, 1.807) is 17.0 Å². The van der Waals surface area contributed by atoms with Crippen molar-refractivity contribution >= 4 is 5.91 Å². The van der Waals surface area contributed by atoms with Crippen molar-refractivity contribution in [2.24, 2.45) is 0 Å². The molecule has 1 amide bonds. The number of furan rings is 1. The van der Waals surface area contributed by atoms with Gasteiger partial charge in [-0.05, 0) is 49.6 Å². The van der Waals surface area contributed by atoms with E-state index in [1.807, 2.05) is 31.2 Å². The van der Waals surface area contributed by atoms with Crippen molar-refractivity contribution in [1.29, 1.82) is 0 Å².